The number of hydrogen-bond donors (Lipinski definition) is 0. The molecule has 24 heavy (non-hydrogen) atoms. The van der Waals surface area contributed by atoms with E-state index in [2.05, 4.69) is 10.0 Å². The highest BCUT2D eigenvalue weighted by molar-refractivity contribution is 5.89. The first-order valence-corrected chi connectivity index (χ1v) is 7.83. The lowest BCUT2D eigenvalue weighted by Gasteiger charge is -2.46. The molecule has 2 fully saturated rings. The molecule has 0 saturated carbocycles. The van der Waals surface area contributed by atoms with E-state index in [0.717, 1.165) is 0 Å². The maximum absolute atomic E-state index is 12.4. The van der Waals surface area contributed by atoms with E-state index in [0.29, 0.717) is 12.2 Å². The predicted molar refractivity (Wildman–Crippen MR) is 83.2 cm³/mol. The molecular weight excluding hydrogens is 314 g/mol. The van der Waals surface area contributed by atoms with Crippen molar-refractivity contribution in [2.75, 3.05) is 6.61 Å². The van der Waals surface area contributed by atoms with E-state index in [4.69, 9.17) is 24.5 Å². The summed E-state index contributed by atoms with van der Waals surface area (Å²) in [6.45, 7) is 3.86. The van der Waals surface area contributed by atoms with Gasteiger partial charge in [0.25, 0.3) is 0 Å². The van der Waals surface area contributed by atoms with Gasteiger partial charge in [-0.05, 0) is 31.5 Å². The van der Waals surface area contributed by atoms with Crippen LogP contribution in [0.5, 0.6) is 0 Å². The van der Waals surface area contributed by atoms with Gasteiger partial charge in [0.05, 0.1) is 18.3 Å². The Kier molecular flexibility index (Phi) is 5.01. The van der Waals surface area contributed by atoms with Crippen LogP contribution in [0, 0.1) is 0 Å². The standard InChI is InChI=1S/C16H19N3O5/c1-9-13(18-19-17)15(14-12(22-9)8-21-10(2)23-14)24-16(20)11-6-4-3-5-7-11/h3-7,9-10,12-15H,8H2,1-2H3/t9?,10?,12?,13?,14-,15+/m0/s1. The Hall–Kier alpha value is -2.12. The monoisotopic (exact) mass is 333 g/mol. The van der Waals surface area contributed by atoms with Crippen LogP contribution in [-0.2, 0) is 18.9 Å². The second-order valence-electron chi connectivity index (χ2n) is 5.81. The molecule has 6 atom stereocenters. The molecule has 0 spiro atoms. The third kappa shape index (κ3) is 3.37. The molecule has 0 N–H and O–H groups in total. The lowest BCUT2D eigenvalue weighted by Crippen LogP contribution is -2.62. The first kappa shape index (κ1) is 16.7. The van der Waals surface area contributed by atoms with Crippen molar-refractivity contribution in [2.24, 2.45) is 5.11 Å². The number of fused-ring (bicyclic) bond motifs is 1. The van der Waals surface area contributed by atoms with E-state index in [1.165, 1.54) is 0 Å². The van der Waals surface area contributed by atoms with Crippen molar-refractivity contribution in [2.45, 2.75) is 50.6 Å². The molecule has 0 aromatic heterocycles. The Morgan fingerprint density at radius 3 is 2.75 bits per heavy atom. The third-order valence-electron chi connectivity index (χ3n) is 4.18. The van der Waals surface area contributed by atoms with Crippen molar-refractivity contribution < 1.29 is 23.7 Å². The number of benzene rings is 1. The average Bonchev–Trinajstić information content (AvgIpc) is 2.59. The minimum Gasteiger partial charge on any atom is -0.455 e. The molecule has 8 heteroatoms. The number of nitrogens with zero attached hydrogens (tertiary/aromatic N) is 3. The average molecular weight is 333 g/mol. The van der Waals surface area contributed by atoms with Gasteiger partial charge in [-0.1, -0.05) is 23.3 Å². The summed E-state index contributed by atoms with van der Waals surface area (Å²) < 4.78 is 22.7. The van der Waals surface area contributed by atoms with Crippen LogP contribution in [0.3, 0.4) is 0 Å². The summed E-state index contributed by atoms with van der Waals surface area (Å²) in [5.41, 5.74) is 9.27. The first-order valence-electron chi connectivity index (χ1n) is 7.83. The summed E-state index contributed by atoms with van der Waals surface area (Å²) in [6, 6.07) is 7.98. The molecule has 2 heterocycles. The van der Waals surface area contributed by atoms with Crippen LogP contribution < -0.4 is 0 Å². The third-order valence-corrected chi connectivity index (χ3v) is 4.18. The van der Waals surface area contributed by atoms with E-state index in [9.17, 15) is 4.79 Å². The number of hydrogen-bond acceptors (Lipinski definition) is 6. The highest BCUT2D eigenvalue weighted by Crippen LogP contribution is 2.32. The van der Waals surface area contributed by atoms with Crippen LogP contribution in [-0.4, -0.2) is 49.3 Å². The zero-order chi connectivity index (χ0) is 17.1. The van der Waals surface area contributed by atoms with Crippen LogP contribution in [0.4, 0.5) is 0 Å². The second-order valence-corrected chi connectivity index (χ2v) is 5.81. The van der Waals surface area contributed by atoms with Crippen LogP contribution in [0.2, 0.25) is 0 Å². The molecule has 4 unspecified atom stereocenters. The van der Waals surface area contributed by atoms with Gasteiger partial charge in [-0.15, -0.1) is 0 Å². The van der Waals surface area contributed by atoms with Crippen molar-refractivity contribution >= 4 is 5.97 Å². The van der Waals surface area contributed by atoms with E-state index in [1.807, 2.05) is 6.07 Å². The Bertz CT molecular complexity index is 634. The smallest absolute Gasteiger partial charge is 0.338 e. The number of azide groups is 1. The fourth-order valence-electron chi connectivity index (χ4n) is 3.02. The number of carbonyl (C=O) groups excluding carboxylic acids is 1. The van der Waals surface area contributed by atoms with Gasteiger partial charge in [-0.2, -0.15) is 0 Å². The normalized spacial score (nSPS) is 35.4. The molecule has 1 aromatic carbocycles. The lowest BCUT2D eigenvalue weighted by molar-refractivity contribution is -0.302. The van der Waals surface area contributed by atoms with Crippen LogP contribution in [0.25, 0.3) is 10.4 Å². The SMILES string of the molecule is CC1OCC2OC(C)C(N=[N+]=[N-])[C@@H](OC(=O)c3ccccc3)[C@H]2O1. The number of rotatable bonds is 3. The summed E-state index contributed by atoms with van der Waals surface area (Å²) in [5, 5.41) is 3.77. The molecule has 1 aromatic rings. The van der Waals surface area contributed by atoms with E-state index in [-0.39, 0.29) is 6.10 Å². The van der Waals surface area contributed by atoms with Crippen molar-refractivity contribution in [1.29, 1.82) is 0 Å². The lowest BCUT2D eigenvalue weighted by atomic mass is 9.93. The Morgan fingerprint density at radius 1 is 1.29 bits per heavy atom. The molecule has 3 rings (SSSR count). The molecule has 0 bridgehead atoms. The molecule has 0 aliphatic carbocycles. The van der Waals surface area contributed by atoms with Crippen LogP contribution >= 0.6 is 0 Å². The Morgan fingerprint density at radius 2 is 2.04 bits per heavy atom. The Balaban J connectivity index is 1.86. The van der Waals surface area contributed by atoms with Gasteiger partial charge in [0.1, 0.15) is 24.4 Å². The van der Waals surface area contributed by atoms with Crippen LogP contribution in [0.15, 0.2) is 35.4 Å². The summed E-state index contributed by atoms with van der Waals surface area (Å²) >= 11 is 0. The fraction of sp³-hybridized carbons (Fsp3) is 0.562. The zero-order valence-corrected chi connectivity index (χ0v) is 13.4. The molecule has 2 aliphatic heterocycles. The maximum Gasteiger partial charge on any atom is 0.338 e. The summed E-state index contributed by atoms with van der Waals surface area (Å²) in [5.74, 6) is -0.491. The van der Waals surface area contributed by atoms with Gasteiger partial charge < -0.3 is 18.9 Å². The summed E-state index contributed by atoms with van der Waals surface area (Å²) in [4.78, 5) is 15.3. The van der Waals surface area contributed by atoms with Gasteiger partial charge in [0.2, 0.25) is 0 Å². The fourth-order valence-corrected chi connectivity index (χ4v) is 3.02. The molecular formula is C16H19N3O5. The van der Waals surface area contributed by atoms with Crippen molar-refractivity contribution in [1.82, 2.24) is 0 Å². The molecule has 0 amide bonds. The molecule has 8 nitrogen and oxygen atoms in total. The zero-order valence-electron chi connectivity index (χ0n) is 13.4. The minimum absolute atomic E-state index is 0.332. The van der Waals surface area contributed by atoms with Crippen LogP contribution in [0.1, 0.15) is 24.2 Å². The second kappa shape index (κ2) is 7.19. The van der Waals surface area contributed by atoms with Gasteiger partial charge >= 0.3 is 5.97 Å². The topological polar surface area (TPSA) is 103 Å². The Labute approximate surface area is 139 Å². The van der Waals surface area contributed by atoms with E-state index in [1.54, 1.807) is 38.1 Å². The molecule has 2 aliphatic rings. The largest absolute Gasteiger partial charge is 0.455 e. The van der Waals surface area contributed by atoms with Gasteiger partial charge in [-0.25, -0.2) is 4.79 Å². The maximum atomic E-state index is 12.4. The highest BCUT2D eigenvalue weighted by atomic mass is 16.7. The number of ether oxygens (including phenoxy) is 4. The van der Waals surface area contributed by atoms with Crippen molar-refractivity contribution in [3.63, 3.8) is 0 Å². The van der Waals surface area contributed by atoms with E-state index < -0.39 is 36.6 Å². The number of esters is 1. The highest BCUT2D eigenvalue weighted by Gasteiger charge is 2.49. The van der Waals surface area contributed by atoms with E-state index >= 15 is 0 Å². The predicted octanol–water partition coefficient (Wildman–Crippen LogP) is 2.44. The summed E-state index contributed by atoms with van der Waals surface area (Å²) in [7, 11) is 0. The quantitative estimate of drug-likeness (QED) is 0.366. The van der Waals surface area contributed by atoms with Gasteiger partial charge in [0, 0.05) is 4.91 Å². The van der Waals surface area contributed by atoms with Gasteiger partial charge in [-0.3, -0.25) is 0 Å². The number of carbonyl (C=O) groups is 1. The first-order chi connectivity index (χ1) is 11.6. The van der Waals surface area contributed by atoms with Crippen molar-refractivity contribution in [3.8, 4) is 0 Å². The molecule has 2 saturated heterocycles. The molecule has 0 radical (unpaired) electrons. The summed E-state index contributed by atoms with van der Waals surface area (Å²) in [6.07, 6.45) is -2.54. The minimum atomic E-state index is -0.742. The van der Waals surface area contributed by atoms with Crippen molar-refractivity contribution in [3.05, 3.63) is 46.3 Å². The molecule has 128 valence electrons. The van der Waals surface area contributed by atoms with Gasteiger partial charge in [0.15, 0.2) is 6.29 Å².